The van der Waals surface area contributed by atoms with Gasteiger partial charge in [-0.3, -0.25) is 0 Å². The van der Waals surface area contributed by atoms with Gasteiger partial charge in [0.2, 0.25) is 5.88 Å². The zero-order valence-electron chi connectivity index (χ0n) is 8.78. The Bertz CT molecular complexity index is 411. The van der Waals surface area contributed by atoms with Gasteiger partial charge in [0, 0.05) is 5.69 Å². The second kappa shape index (κ2) is 3.53. The predicted molar refractivity (Wildman–Crippen MR) is 54.5 cm³/mol. The smallest absolute Gasteiger partial charge is 0.341 e. The molecule has 0 unspecified atom stereocenters. The van der Waals surface area contributed by atoms with Gasteiger partial charge >= 0.3 is 5.97 Å². The van der Waals surface area contributed by atoms with Gasteiger partial charge in [-0.15, -0.1) is 0 Å². The van der Waals surface area contributed by atoms with Crippen LogP contribution in [0.5, 0.6) is 5.88 Å². The van der Waals surface area contributed by atoms with Crippen molar-refractivity contribution < 1.29 is 14.6 Å². The molecule has 0 aromatic carbocycles. The summed E-state index contributed by atoms with van der Waals surface area (Å²) >= 11 is 0. The van der Waals surface area contributed by atoms with Crippen molar-refractivity contribution >= 4 is 5.97 Å². The Morgan fingerprint density at radius 3 is 2.73 bits per heavy atom. The van der Waals surface area contributed by atoms with Gasteiger partial charge in [0.1, 0.15) is 5.56 Å². The topological polar surface area (TPSA) is 59.4 Å². The van der Waals surface area contributed by atoms with Crippen LogP contribution in [0.3, 0.4) is 0 Å². The lowest BCUT2D eigenvalue weighted by molar-refractivity contribution is 0.0691. The second-order valence-electron chi connectivity index (χ2n) is 3.82. The average Bonchev–Trinajstić information content (AvgIpc) is 2.98. The monoisotopic (exact) mass is 207 g/mol. The van der Waals surface area contributed by atoms with Gasteiger partial charge in [-0.2, -0.15) is 0 Å². The summed E-state index contributed by atoms with van der Waals surface area (Å²) < 4.78 is 5.01. The molecule has 1 N–H and O–H groups in total. The number of aryl methyl sites for hydroxylation is 1. The van der Waals surface area contributed by atoms with E-state index in [4.69, 9.17) is 9.84 Å². The molecule has 2 rings (SSSR count). The number of carbonyl (C=O) groups is 1. The minimum atomic E-state index is -0.957. The molecule has 80 valence electrons. The molecule has 1 aliphatic rings. The van der Waals surface area contributed by atoms with E-state index in [1.165, 1.54) is 7.11 Å². The number of carboxylic acids is 1. The Balaban J connectivity index is 2.59. The summed E-state index contributed by atoms with van der Waals surface area (Å²) in [7, 11) is 1.45. The van der Waals surface area contributed by atoms with Crippen molar-refractivity contribution in [2.24, 2.45) is 0 Å². The summed E-state index contributed by atoms with van der Waals surface area (Å²) in [5, 5.41) is 9.13. The highest BCUT2D eigenvalue weighted by atomic mass is 16.5. The molecule has 1 saturated carbocycles. The molecule has 1 aromatic rings. The third-order valence-corrected chi connectivity index (χ3v) is 2.57. The minimum Gasteiger partial charge on any atom is -0.480 e. The lowest BCUT2D eigenvalue weighted by Crippen LogP contribution is -2.07. The number of ether oxygens (including phenoxy) is 1. The average molecular weight is 207 g/mol. The van der Waals surface area contributed by atoms with E-state index in [1.807, 2.05) is 13.0 Å². The quantitative estimate of drug-likeness (QED) is 0.823. The van der Waals surface area contributed by atoms with Gasteiger partial charge in [0.05, 0.1) is 7.11 Å². The Morgan fingerprint density at radius 1 is 1.60 bits per heavy atom. The number of hydrogen-bond donors (Lipinski definition) is 1. The van der Waals surface area contributed by atoms with Crippen molar-refractivity contribution in [3.05, 3.63) is 22.9 Å². The molecule has 0 radical (unpaired) electrons. The summed E-state index contributed by atoms with van der Waals surface area (Å²) in [6.45, 7) is 1.85. The van der Waals surface area contributed by atoms with Gasteiger partial charge in [-0.05, 0) is 37.3 Å². The number of hydrogen-bond acceptors (Lipinski definition) is 3. The summed E-state index contributed by atoms with van der Waals surface area (Å²) in [6.07, 6.45) is 2.12. The van der Waals surface area contributed by atoms with E-state index in [9.17, 15) is 4.79 Å². The summed E-state index contributed by atoms with van der Waals surface area (Å²) in [4.78, 5) is 15.2. The molecule has 15 heavy (non-hydrogen) atoms. The molecule has 1 fully saturated rings. The molecule has 1 aliphatic carbocycles. The van der Waals surface area contributed by atoms with Crippen LogP contribution >= 0.6 is 0 Å². The van der Waals surface area contributed by atoms with Gasteiger partial charge in [-0.25, -0.2) is 9.78 Å². The summed E-state index contributed by atoms with van der Waals surface area (Å²) in [5.41, 5.74) is 1.90. The molecular formula is C11H13NO3. The first-order valence-electron chi connectivity index (χ1n) is 4.92. The summed E-state index contributed by atoms with van der Waals surface area (Å²) in [5.74, 6) is -0.350. The van der Waals surface area contributed by atoms with Gasteiger partial charge in [-0.1, -0.05) is 0 Å². The maximum atomic E-state index is 11.1. The number of aromatic nitrogens is 1. The minimum absolute atomic E-state index is 0.226. The normalized spacial score (nSPS) is 15.1. The molecule has 4 nitrogen and oxygen atoms in total. The highest BCUT2D eigenvalue weighted by Gasteiger charge is 2.31. The molecule has 1 heterocycles. The van der Waals surface area contributed by atoms with Crippen LogP contribution in [0.4, 0.5) is 0 Å². The van der Waals surface area contributed by atoms with E-state index in [-0.39, 0.29) is 11.4 Å². The van der Waals surface area contributed by atoms with Crippen LogP contribution < -0.4 is 4.74 Å². The molecule has 0 saturated heterocycles. The second-order valence-corrected chi connectivity index (χ2v) is 3.82. The zero-order chi connectivity index (χ0) is 11.0. The SMILES string of the molecule is COc1nc(C)cc(C2CC2)c1C(=O)O. The molecule has 0 atom stereocenters. The number of pyridine rings is 1. The molecule has 0 aliphatic heterocycles. The van der Waals surface area contributed by atoms with Crippen LogP contribution in [0.15, 0.2) is 6.07 Å². The van der Waals surface area contributed by atoms with Crippen molar-refractivity contribution in [2.45, 2.75) is 25.7 Å². The fourth-order valence-corrected chi connectivity index (χ4v) is 1.75. The van der Waals surface area contributed by atoms with E-state index < -0.39 is 5.97 Å². The predicted octanol–water partition coefficient (Wildman–Crippen LogP) is 1.97. The van der Waals surface area contributed by atoms with Crippen molar-refractivity contribution in [3.8, 4) is 5.88 Å². The molecule has 4 heteroatoms. The first kappa shape index (κ1) is 9.96. The van der Waals surface area contributed by atoms with Gasteiger partial charge in [0.25, 0.3) is 0 Å². The third-order valence-electron chi connectivity index (χ3n) is 2.57. The Morgan fingerprint density at radius 2 is 2.27 bits per heavy atom. The largest absolute Gasteiger partial charge is 0.480 e. The number of carboxylic acid groups (broad SMARTS) is 1. The first-order valence-corrected chi connectivity index (χ1v) is 4.92. The Hall–Kier alpha value is -1.58. The van der Waals surface area contributed by atoms with Crippen molar-refractivity contribution in [1.29, 1.82) is 0 Å². The van der Waals surface area contributed by atoms with E-state index in [0.29, 0.717) is 5.92 Å². The molecule has 1 aromatic heterocycles. The van der Waals surface area contributed by atoms with Crippen LogP contribution in [0.25, 0.3) is 0 Å². The number of aromatic carboxylic acids is 1. The van der Waals surface area contributed by atoms with Gasteiger partial charge in [0.15, 0.2) is 0 Å². The fraction of sp³-hybridized carbons (Fsp3) is 0.455. The maximum Gasteiger partial charge on any atom is 0.341 e. The van der Waals surface area contributed by atoms with Crippen molar-refractivity contribution in [3.63, 3.8) is 0 Å². The van der Waals surface area contributed by atoms with Crippen molar-refractivity contribution in [1.82, 2.24) is 4.98 Å². The Labute approximate surface area is 87.9 Å². The summed E-state index contributed by atoms with van der Waals surface area (Å²) in [6, 6.07) is 1.85. The maximum absolute atomic E-state index is 11.1. The van der Waals surface area contributed by atoms with Crippen LogP contribution in [0.2, 0.25) is 0 Å². The van der Waals surface area contributed by atoms with E-state index in [0.717, 1.165) is 24.1 Å². The van der Waals surface area contributed by atoms with Gasteiger partial charge < -0.3 is 9.84 Å². The van der Waals surface area contributed by atoms with E-state index >= 15 is 0 Å². The fourth-order valence-electron chi connectivity index (χ4n) is 1.75. The molecule has 0 bridgehead atoms. The highest BCUT2D eigenvalue weighted by molar-refractivity contribution is 5.92. The Kier molecular flexibility index (Phi) is 2.34. The molecule has 0 amide bonds. The van der Waals surface area contributed by atoms with Crippen LogP contribution in [-0.4, -0.2) is 23.2 Å². The number of methoxy groups -OCH3 is 1. The van der Waals surface area contributed by atoms with Crippen LogP contribution in [0.1, 0.15) is 40.4 Å². The molecule has 0 spiro atoms. The van der Waals surface area contributed by atoms with E-state index in [2.05, 4.69) is 4.98 Å². The zero-order valence-corrected chi connectivity index (χ0v) is 8.78. The standard InChI is InChI=1S/C11H13NO3/c1-6-5-8(7-3-4-7)9(11(13)14)10(12-6)15-2/h5,7H,3-4H2,1-2H3,(H,13,14). The van der Waals surface area contributed by atoms with Crippen LogP contribution in [-0.2, 0) is 0 Å². The first-order chi connectivity index (χ1) is 7.13. The molecular weight excluding hydrogens is 194 g/mol. The van der Waals surface area contributed by atoms with Crippen molar-refractivity contribution in [2.75, 3.05) is 7.11 Å². The lowest BCUT2D eigenvalue weighted by Gasteiger charge is -2.10. The third kappa shape index (κ3) is 1.79. The lowest BCUT2D eigenvalue weighted by atomic mass is 10.0. The van der Waals surface area contributed by atoms with Crippen LogP contribution in [0, 0.1) is 6.92 Å². The highest BCUT2D eigenvalue weighted by Crippen LogP contribution is 2.43. The number of rotatable bonds is 3. The number of nitrogens with zero attached hydrogens (tertiary/aromatic N) is 1. The van der Waals surface area contributed by atoms with E-state index in [1.54, 1.807) is 0 Å².